The number of carbonyl (C=O) groups is 2. The molecular formula is C15H26N2O2. The minimum absolute atomic E-state index is 0.00222. The predicted molar refractivity (Wildman–Crippen MR) is 74.6 cm³/mol. The average Bonchev–Trinajstić information content (AvgIpc) is 2.33. The van der Waals surface area contributed by atoms with E-state index in [2.05, 4.69) is 26.1 Å². The van der Waals surface area contributed by atoms with Gasteiger partial charge in [-0.3, -0.25) is 9.59 Å². The molecule has 1 saturated heterocycles. The van der Waals surface area contributed by atoms with Crippen LogP contribution >= 0.6 is 0 Å². The van der Waals surface area contributed by atoms with Crippen molar-refractivity contribution in [3.8, 4) is 0 Å². The van der Waals surface area contributed by atoms with Gasteiger partial charge in [0.05, 0.1) is 6.54 Å². The van der Waals surface area contributed by atoms with Crippen LogP contribution in [0.5, 0.6) is 0 Å². The van der Waals surface area contributed by atoms with Crippen LogP contribution in [0.3, 0.4) is 0 Å². The van der Waals surface area contributed by atoms with E-state index in [1.807, 2.05) is 6.92 Å². The lowest BCUT2D eigenvalue weighted by atomic mass is 9.77. The number of hydrogen-bond donors (Lipinski definition) is 1. The first kappa shape index (κ1) is 14.4. The molecule has 1 unspecified atom stereocenters. The van der Waals surface area contributed by atoms with Crippen molar-refractivity contribution in [3.63, 3.8) is 0 Å². The van der Waals surface area contributed by atoms with Crippen LogP contribution in [0.15, 0.2) is 0 Å². The molecule has 1 N–H and O–H groups in total. The summed E-state index contributed by atoms with van der Waals surface area (Å²) in [4.78, 5) is 26.7. The first-order valence-corrected chi connectivity index (χ1v) is 7.38. The van der Waals surface area contributed by atoms with E-state index in [9.17, 15) is 9.59 Å². The van der Waals surface area contributed by atoms with Crippen molar-refractivity contribution in [2.45, 2.75) is 71.4 Å². The van der Waals surface area contributed by atoms with E-state index in [0.717, 1.165) is 25.7 Å². The molecule has 1 aliphatic carbocycles. The second kappa shape index (κ2) is 4.80. The van der Waals surface area contributed by atoms with E-state index in [1.54, 1.807) is 4.90 Å². The van der Waals surface area contributed by atoms with Gasteiger partial charge in [-0.05, 0) is 25.2 Å². The Morgan fingerprint density at radius 1 is 1.16 bits per heavy atom. The lowest BCUT2D eigenvalue weighted by molar-refractivity contribution is -0.155. The average molecular weight is 266 g/mol. The van der Waals surface area contributed by atoms with E-state index < -0.39 is 5.54 Å². The minimum Gasteiger partial charge on any atom is -0.340 e. The maximum absolute atomic E-state index is 12.8. The van der Waals surface area contributed by atoms with E-state index >= 15 is 0 Å². The van der Waals surface area contributed by atoms with Crippen LogP contribution in [-0.2, 0) is 9.59 Å². The van der Waals surface area contributed by atoms with Gasteiger partial charge >= 0.3 is 0 Å². The van der Waals surface area contributed by atoms with Crippen LogP contribution in [0.4, 0.5) is 0 Å². The van der Waals surface area contributed by atoms with Crippen molar-refractivity contribution in [2.24, 2.45) is 5.41 Å². The quantitative estimate of drug-likeness (QED) is 0.790. The fourth-order valence-corrected chi connectivity index (χ4v) is 3.14. The van der Waals surface area contributed by atoms with Crippen molar-refractivity contribution in [3.05, 3.63) is 0 Å². The normalized spacial score (nSPS) is 25.4. The molecular weight excluding hydrogens is 240 g/mol. The van der Waals surface area contributed by atoms with Crippen LogP contribution in [0.25, 0.3) is 0 Å². The number of rotatable bonds is 1. The predicted octanol–water partition coefficient (Wildman–Crippen LogP) is 2.08. The monoisotopic (exact) mass is 266 g/mol. The van der Waals surface area contributed by atoms with Gasteiger partial charge in [-0.25, -0.2) is 0 Å². The van der Waals surface area contributed by atoms with Gasteiger partial charge in [-0.15, -0.1) is 0 Å². The van der Waals surface area contributed by atoms with Gasteiger partial charge in [0.1, 0.15) is 5.54 Å². The number of hydrogen-bond acceptors (Lipinski definition) is 2. The third-order valence-corrected chi connectivity index (χ3v) is 4.79. The van der Waals surface area contributed by atoms with Crippen LogP contribution in [0.2, 0.25) is 0 Å². The molecule has 1 saturated carbocycles. The Morgan fingerprint density at radius 3 is 2.26 bits per heavy atom. The summed E-state index contributed by atoms with van der Waals surface area (Å²) in [6.45, 7) is 8.60. The van der Waals surface area contributed by atoms with Crippen LogP contribution in [0.1, 0.15) is 59.8 Å². The van der Waals surface area contributed by atoms with E-state index in [4.69, 9.17) is 0 Å². The molecule has 0 radical (unpaired) electrons. The summed E-state index contributed by atoms with van der Waals surface area (Å²) < 4.78 is 0. The van der Waals surface area contributed by atoms with E-state index in [1.165, 1.54) is 6.42 Å². The highest BCUT2D eigenvalue weighted by Gasteiger charge is 2.49. The topological polar surface area (TPSA) is 49.4 Å². The summed E-state index contributed by atoms with van der Waals surface area (Å²) in [7, 11) is 0. The molecule has 1 heterocycles. The highest BCUT2D eigenvalue weighted by molar-refractivity contribution is 5.98. The summed E-state index contributed by atoms with van der Waals surface area (Å²) in [5.74, 6) is 0.131. The molecule has 2 amide bonds. The Morgan fingerprint density at radius 2 is 1.74 bits per heavy atom. The molecule has 1 aliphatic heterocycles. The van der Waals surface area contributed by atoms with Crippen LogP contribution in [0, 0.1) is 5.41 Å². The zero-order valence-electron chi connectivity index (χ0n) is 12.6. The van der Waals surface area contributed by atoms with Crippen molar-refractivity contribution in [1.29, 1.82) is 0 Å². The Bertz CT molecular complexity index is 378. The van der Waals surface area contributed by atoms with E-state index in [-0.39, 0.29) is 29.8 Å². The smallest absolute Gasteiger partial charge is 0.249 e. The second-order valence-electron chi connectivity index (χ2n) is 7.17. The standard InChI is InChI=1S/C15H26N2O2/c1-11(14(2,3)4)17-10-12(18)16-15(13(17)19)8-6-5-7-9-15/h11H,5-10H2,1-4H3,(H,16,18). The minimum atomic E-state index is -0.604. The number of carbonyl (C=O) groups excluding carboxylic acids is 2. The van der Waals surface area contributed by atoms with Crippen molar-refractivity contribution >= 4 is 11.8 Å². The summed E-state index contributed by atoms with van der Waals surface area (Å²) >= 11 is 0. The van der Waals surface area contributed by atoms with Gasteiger partial charge in [-0.1, -0.05) is 40.0 Å². The largest absolute Gasteiger partial charge is 0.340 e. The molecule has 0 bridgehead atoms. The number of nitrogens with zero attached hydrogens (tertiary/aromatic N) is 1. The van der Waals surface area contributed by atoms with Gasteiger partial charge in [-0.2, -0.15) is 0 Å². The SMILES string of the molecule is CC(N1CC(=O)NC2(CCCCC2)C1=O)C(C)(C)C. The Kier molecular flexibility index (Phi) is 3.63. The molecule has 1 atom stereocenters. The molecule has 4 nitrogen and oxygen atoms in total. The Labute approximate surface area is 115 Å². The fourth-order valence-electron chi connectivity index (χ4n) is 3.14. The molecule has 1 spiro atoms. The van der Waals surface area contributed by atoms with E-state index in [0.29, 0.717) is 0 Å². The lowest BCUT2D eigenvalue weighted by Crippen LogP contribution is -2.69. The Hall–Kier alpha value is -1.06. The summed E-state index contributed by atoms with van der Waals surface area (Å²) in [6.07, 6.45) is 4.82. The molecule has 2 aliphatic rings. The van der Waals surface area contributed by atoms with Crippen molar-refractivity contribution < 1.29 is 9.59 Å². The van der Waals surface area contributed by atoms with Crippen molar-refractivity contribution in [1.82, 2.24) is 10.2 Å². The van der Waals surface area contributed by atoms with Gasteiger partial charge < -0.3 is 10.2 Å². The third kappa shape index (κ3) is 2.63. The molecule has 2 rings (SSSR count). The zero-order valence-corrected chi connectivity index (χ0v) is 12.6. The zero-order chi connectivity index (χ0) is 14.3. The Balaban J connectivity index is 2.25. The molecule has 108 valence electrons. The lowest BCUT2D eigenvalue weighted by Gasteiger charge is -2.48. The van der Waals surface area contributed by atoms with Crippen LogP contribution < -0.4 is 5.32 Å². The van der Waals surface area contributed by atoms with Gasteiger partial charge in [0.15, 0.2) is 0 Å². The molecule has 0 aromatic heterocycles. The second-order valence-corrected chi connectivity index (χ2v) is 7.17. The highest BCUT2D eigenvalue weighted by Crippen LogP contribution is 2.35. The number of nitrogens with one attached hydrogen (secondary N) is 1. The first-order chi connectivity index (χ1) is 8.76. The first-order valence-electron chi connectivity index (χ1n) is 7.38. The third-order valence-electron chi connectivity index (χ3n) is 4.79. The number of piperazine rings is 1. The molecule has 2 fully saturated rings. The van der Waals surface area contributed by atoms with Gasteiger partial charge in [0, 0.05) is 6.04 Å². The van der Waals surface area contributed by atoms with Gasteiger partial charge in [0.2, 0.25) is 11.8 Å². The highest BCUT2D eigenvalue weighted by atomic mass is 16.2. The van der Waals surface area contributed by atoms with Gasteiger partial charge in [0.25, 0.3) is 0 Å². The fraction of sp³-hybridized carbons (Fsp3) is 0.867. The molecule has 4 heteroatoms. The molecule has 19 heavy (non-hydrogen) atoms. The number of amides is 2. The van der Waals surface area contributed by atoms with Crippen molar-refractivity contribution in [2.75, 3.05) is 6.54 Å². The molecule has 0 aromatic carbocycles. The maximum Gasteiger partial charge on any atom is 0.249 e. The molecule has 0 aromatic rings. The maximum atomic E-state index is 12.8. The summed E-state index contributed by atoms with van der Waals surface area (Å²) in [6, 6.07) is 0.0739. The summed E-state index contributed by atoms with van der Waals surface area (Å²) in [5.41, 5.74) is -0.615. The summed E-state index contributed by atoms with van der Waals surface area (Å²) in [5, 5.41) is 2.99. The van der Waals surface area contributed by atoms with Crippen LogP contribution in [-0.4, -0.2) is 34.8 Å².